The monoisotopic (exact) mass is 401 g/mol. The molecule has 0 saturated heterocycles. The van der Waals surface area contributed by atoms with E-state index in [0.717, 1.165) is 16.2 Å². The summed E-state index contributed by atoms with van der Waals surface area (Å²) in [5.74, 6) is 1.14. The molecule has 0 aliphatic heterocycles. The van der Waals surface area contributed by atoms with Crippen molar-refractivity contribution in [1.82, 2.24) is 4.90 Å². The second kappa shape index (κ2) is 9.44. The number of para-hydroxylation sites is 2. The van der Waals surface area contributed by atoms with Crippen LogP contribution in [0, 0.1) is 0 Å². The third kappa shape index (κ3) is 5.25. The molecule has 2 aromatic carbocycles. The van der Waals surface area contributed by atoms with Crippen LogP contribution in [0.4, 0.5) is 0 Å². The minimum Gasteiger partial charge on any atom is -0.496 e. The maximum absolute atomic E-state index is 12.9. The highest BCUT2D eigenvalue weighted by Gasteiger charge is 2.18. The first-order chi connectivity index (χ1) is 13.2. The standard InChI is InChI=1S/C21H20ClNO3S/c1-25-19-10-4-2-7-16(19)13-23(14-17-8-6-12-27-17)21(24)15-26-20-11-5-3-9-18(20)22/h2-12H,13-15H2,1H3. The number of carbonyl (C=O) groups is 1. The molecule has 1 heterocycles. The first kappa shape index (κ1) is 19.3. The molecule has 0 atom stereocenters. The number of ether oxygens (including phenoxy) is 2. The van der Waals surface area contributed by atoms with Gasteiger partial charge in [-0.1, -0.05) is 48.0 Å². The molecule has 0 bridgehead atoms. The summed E-state index contributed by atoms with van der Waals surface area (Å²) in [6.45, 7) is 0.872. The van der Waals surface area contributed by atoms with Crippen molar-refractivity contribution >= 4 is 28.8 Å². The van der Waals surface area contributed by atoms with Gasteiger partial charge in [0.2, 0.25) is 0 Å². The van der Waals surface area contributed by atoms with Gasteiger partial charge in [-0.15, -0.1) is 11.3 Å². The Kier molecular flexibility index (Phi) is 6.74. The second-order valence-corrected chi connectivity index (χ2v) is 7.30. The minimum absolute atomic E-state index is 0.0791. The van der Waals surface area contributed by atoms with E-state index in [1.807, 2.05) is 53.9 Å². The van der Waals surface area contributed by atoms with E-state index in [4.69, 9.17) is 21.1 Å². The van der Waals surface area contributed by atoms with Crippen molar-refractivity contribution in [3.05, 3.63) is 81.5 Å². The average Bonchev–Trinajstić information content (AvgIpc) is 3.20. The first-order valence-corrected chi connectivity index (χ1v) is 9.72. The number of amides is 1. The van der Waals surface area contributed by atoms with Gasteiger partial charge in [-0.2, -0.15) is 0 Å². The number of hydrogen-bond acceptors (Lipinski definition) is 4. The van der Waals surface area contributed by atoms with Gasteiger partial charge < -0.3 is 14.4 Å². The number of rotatable bonds is 8. The quantitative estimate of drug-likeness (QED) is 0.532. The Morgan fingerprint density at radius 1 is 1.00 bits per heavy atom. The molecule has 0 N–H and O–H groups in total. The van der Waals surface area contributed by atoms with Crippen molar-refractivity contribution in [3.8, 4) is 11.5 Å². The topological polar surface area (TPSA) is 38.8 Å². The van der Waals surface area contributed by atoms with E-state index in [2.05, 4.69) is 0 Å². The molecule has 1 amide bonds. The molecular weight excluding hydrogens is 382 g/mol. The summed E-state index contributed by atoms with van der Waals surface area (Å²) in [7, 11) is 1.63. The largest absolute Gasteiger partial charge is 0.496 e. The summed E-state index contributed by atoms with van der Waals surface area (Å²) >= 11 is 7.73. The fourth-order valence-electron chi connectivity index (χ4n) is 2.65. The number of carbonyl (C=O) groups excluding carboxylic acids is 1. The molecule has 0 spiro atoms. The zero-order valence-electron chi connectivity index (χ0n) is 14.9. The predicted molar refractivity (Wildman–Crippen MR) is 109 cm³/mol. The van der Waals surface area contributed by atoms with Gasteiger partial charge in [0.1, 0.15) is 11.5 Å². The number of hydrogen-bond donors (Lipinski definition) is 0. The highest BCUT2D eigenvalue weighted by atomic mass is 35.5. The molecule has 0 aliphatic carbocycles. The lowest BCUT2D eigenvalue weighted by molar-refractivity contribution is -0.134. The van der Waals surface area contributed by atoms with Crippen LogP contribution in [0.15, 0.2) is 66.0 Å². The molecule has 140 valence electrons. The molecule has 6 heteroatoms. The fourth-order valence-corrected chi connectivity index (χ4v) is 3.56. The van der Waals surface area contributed by atoms with E-state index in [-0.39, 0.29) is 12.5 Å². The average molecular weight is 402 g/mol. The first-order valence-electron chi connectivity index (χ1n) is 8.46. The van der Waals surface area contributed by atoms with Crippen LogP contribution < -0.4 is 9.47 Å². The second-order valence-electron chi connectivity index (χ2n) is 5.86. The highest BCUT2D eigenvalue weighted by molar-refractivity contribution is 7.09. The summed E-state index contributed by atoms with van der Waals surface area (Å²) < 4.78 is 11.1. The van der Waals surface area contributed by atoms with Crippen molar-refractivity contribution in [2.45, 2.75) is 13.1 Å². The molecule has 3 rings (SSSR count). The van der Waals surface area contributed by atoms with Gasteiger partial charge in [0.25, 0.3) is 5.91 Å². The lowest BCUT2D eigenvalue weighted by Crippen LogP contribution is -2.34. The van der Waals surface area contributed by atoms with E-state index in [1.54, 1.807) is 35.5 Å². The number of halogens is 1. The predicted octanol–water partition coefficient (Wildman–Crippen LogP) is 5.02. The van der Waals surface area contributed by atoms with E-state index < -0.39 is 0 Å². The number of methoxy groups -OCH3 is 1. The van der Waals surface area contributed by atoms with Gasteiger partial charge in [0.15, 0.2) is 6.61 Å². The number of thiophene rings is 1. The zero-order valence-corrected chi connectivity index (χ0v) is 16.5. The van der Waals surface area contributed by atoms with Crippen LogP contribution in [-0.4, -0.2) is 24.5 Å². The minimum atomic E-state index is -0.116. The molecule has 4 nitrogen and oxygen atoms in total. The van der Waals surface area contributed by atoms with E-state index in [9.17, 15) is 4.79 Å². The third-order valence-electron chi connectivity index (χ3n) is 4.02. The summed E-state index contributed by atoms with van der Waals surface area (Å²) in [4.78, 5) is 15.8. The maximum Gasteiger partial charge on any atom is 0.261 e. The van der Waals surface area contributed by atoms with Crippen molar-refractivity contribution < 1.29 is 14.3 Å². The number of nitrogens with zero attached hydrogens (tertiary/aromatic N) is 1. The van der Waals surface area contributed by atoms with Gasteiger partial charge in [0.05, 0.1) is 18.7 Å². The Hall–Kier alpha value is -2.50. The zero-order chi connectivity index (χ0) is 19.1. The normalized spacial score (nSPS) is 10.4. The van der Waals surface area contributed by atoms with Crippen LogP contribution in [0.3, 0.4) is 0 Å². The molecule has 0 radical (unpaired) electrons. The Morgan fingerprint density at radius 2 is 1.74 bits per heavy atom. The number of benzene rings is 2. The lowest BCUT2D eigenvalue weighted by atomic mass is 10.2. The molecule has 0 aliphatic rings. The van der Waals surface area contributed by atoms with Crippen molar-refractivity contribution in [1.29, 1.82) is 0 Å². The van der Waals surface area contributed by atoms with Gasteiger partial charge >= 0.3 is 0 Å². The Morgan fingerprint density at radius 3 is 2.44 bits per heavy atom. The van der Waals surface area contributed by atoms with E-state index in [0.29, 0.717) is 23.9 Å². The maximum atomic E-state index is 12.9. The van der Waals surface area contributed by atoms with Crippen LogP contribution in [0.5, 0.6) is 11.5 Å². The molecule has 0 unspecified atom stereocenters. The Balaban J connectivity index is 1.74. The summed E-state index contributed by atoms with van der Waals surface area (Å²) in [6.07, 6.45) is 0. The van der Waals surface area contributed by atoms with Gasteiger partial charge in [-0.05, 0) is 29.6 Å². The van der Waals surface area contributed by atoms with Crippen LogP contribution in [0.25, 0.3) is 0 Å². The van der Waals surface area contributed by atoms with Gasteiger partial charge in [-0.25, -0.2) is 0 Å². The molecule has 27 heavy (non-hydrogen) atoms. The van der Waals surface area contributed by atoms with Crippen molar-refractivity contribution in [2.24, 2.45) is 0 Å². The Bertz CT molecular complexity index is 883. The van der Waals surface area contributed by atoms with Crippen LogP contribution >= 0.6 is 22.9 Å². The molecule has 0 saturated carbocycles. The molecule has 0 fully saturated rings. The SMILES string of the molecule is COc1ccccc1CN(Cc1cccs1)C(=O)COc1ccccc1Cl. The van der Waals surface area contributed by atoms with Gasteiger partial charge in [0, 0.05) is 17.0 Å². The van der Waals surface area contributed by atoms with Crippen LogP contribution in [-0.2, 0) is 17.9 Å². The van der Waals surface area contributed by atoms with Crippen LogP contribution in [0.1, 0.15) is 10.4 Å². The molecular formula is C21H20ClNO3S. The summed E-state index contributed by atoms with van der Waals surface area (Å²) in [6, 6.07) is 18.8. The van der Waals surface area contributed by atoms with E-state index in [1.165, 1.54) is 0 Å². The lowest BCUT2D eigenvalue weighted by Gasteiger charge is -2.23. The van der Waals surface area contributed by atoms with Crippen molar-refractivity contribution in [2.75, 3.05) is 13.7 Å². The smallest absolute Gasteiger partial charge is 0.261 e. The highest BCUT2D eigenvalue weighted by Crippen LogP contribution is 2.24. The van der Waals surface area contributed by atoms with Crippen molar-refractivity contribution in [3.63, 3.8) is 0 Å². The summed E-state index contributed by atoms with van der Waals surface area (Å²) in [5.41, 5.74) is 0.947. The van der Waals surface area contributed by atoms with E-state index >= 15 is 0 Å². The van der Waals surface area contributed by atoms with Gasteiger partial charge in [-0.3, -0.25) is 4.79 Å². The summed E-state index contributed by atoms with van der Waals surface area (Å²) in [5, 5.41) is 2.49. The molecule has 1 aromatic heterocycles. The van der Waals surface area contributed by atoms with Crippen LogP contribution in [0.2, 0.25) is 5.02 Å². The Labute approximate surface area is 167 Å². The fraction of sp³-hybridized carbons (Fsp3) is 0.190. The molecule has 3 aromatic rings. The third-order valence-corrected chi connectivity index (χ3v) is 5.19.